The van der Waals surface area contributed by atoms with Crippen LogP contribution in [0.15, 0.2) is 48.7 Å². The van der Waals surface area contributed by atoms with E-state index in [1.807, 2.05) is 6.20 Å². The van der Waals surface area contributed by atoms with Crippen molar-refractivity contribution in [2.75, 3.05) is 0 Å². The number of aryl methyl sites for hydroxylation is 4. The highest BCUT2D eigenvalue weighted by Crippen LogP contribution is 2.31. The molecule has 0 atom stereocenters. The molecule has 0 fully saturated rings. The normalized spacial score (nSPS) is 10.7. The lowest BCUT2D eigenvalue weighted by Crippen LogP contribution is -1.95. The lowest BCUT2D eigenvalue weighted by atomic mass is 9.94. The molecule has 1 heterocycles. The second-order valence-corrected chi connectivity index (χ2v) is 5.86. The molecule has 0 N–H and O–H groups in total. The van der Waals surface area contributed by atoms with Crippen molar-refractivity contribution in [2.24, 2.45) is 0 Å². The first-order valence-corrected chi connectivity index (χ1v) is 7.54. The fourth-order valence-corrected chi connectivity index (χ4v) is 3.11. The molecule has 0 unspecified atom stereocenters. The van der Waals surface area contributed by atoms with E-state index < -0.39 is 0 Å². The maximum Gasteiger partial charge on any atom is 0.0941 e. The Labute approximate surface area is 131 Å². The van der Waals surface area contributed by atoms with Crippen LogP contribution in [0, 0.1) is 27.7 Å². The van der Waals surface area contributed by atoms with Crippen LogP contribution < -0.4 is 0 Å². The van der Waals surface area contributed by atoms with Gasteiger partial charge in [0.1, 0.15) is 0 Å². The number of hydrogen-bond donors (Lipinski definition) is 0. The van der Waals surface area contributed by atoms with E-state index in [2.05, 4.69) is 80.4 Å². The van der Waals surface area contributed by atoms with E-state index in [4.69, 9.17) is 0 Å². The predicted octanol–water partition coefficient (Wildman–Crippen LogP) is 5.04. The Kier molecular flexibility index (Phi) is 3.76. The van der Waals surface area contributed by atoms with Gasteiger partial charge in [0.15, 0.2) is 0 Å². The molecule has 1 aromatic heterocycles. The minimum Gasteiger partial charge on any atom is -0.158 e. The summed E-state index contributed by atoms with van der Waals surface area (Å²) in [5.41, 5.74) is 9.49. The molecule has 2 heteroatoms. The fourth-order valence-electron chi connectivity index (χ4n) is 3.11. The van der Waals surface area contributed by atoms with Gasteiger partial charge in [-0.1, -0.05) is 36.4 Å². The Balaban J connectivity index is 2.19. The van der Waals surface area contributed by atoms with Crippen LogP contribution in [0.1, 0.15) is 22.3 Å². The summed E-state index contributed by atoms with van der Waals surface area (Å²) in [5.74, 6) is 0. The minimum absolute atomic E-state index is 0.941. The van der Waals surface area contributed by atoms with E-state index in [9.17, 15) is 0 Å². The van der Waals surface area contributed by atoms with Crippen LogP contribution >= 0.6 is 0 Å². The van der Waals surface area contributed by atoms with Crippen LogP contribution in [0.2, 0.25) is 0 Å². The first-order chi connectivity index (χ1) is 10.6. The lowest BCUT2D eigenvalue weighted by Gasteiger charge is -2.12. The van der Waals surface area contributed by atoms with E-state index in [-0.39, 0.29) is 0 Å². The van der Waals surface area contributed by atoms with Crippen molar-refractivity contribution in [3.63, 3.8) is 0 Å². The Morgan fingerprint density at radius 2 is 1.18 bits per heavy atom. The van der Waals surface area contributed by atoms with Crippen molar-refractivity contribution in [1.82, 2.24) is 10.2 Å². The zero-order valence-corrected chi connectivity index (χ0v) is 13.5. The van der Waals surface area contributed by atoms with E-state index in [1.54, 1.807) is 0 Å². The summed E-state index contributed by atoms with van der Waals surface area (Å²) in [6.07, 6.45) is 1.85. The summed E-state index contributed by atoms with van der Waals surface area (Å²) in [4.78, 5) is 0. The molecule has 0 aliphatic carbocycles. The number of hydrogen-bond acceptors (Lipinski definition) is 2. The van der Waals surface area contributed by atoms with E-state index in [0.29, 0.717) is 0 Å². The summed E-state index contributed by atoms with van der Waals surface area (Å²) < 4.78 is 0. The zero-order valence-electron chi connectivity index (χ0n) is 13.5. The van der Waals surface area contributed by atoms with E-state index >= 15 is 0 Å². The lowest BCUT2D eigenvalue weighted by molar-refractivity contribution is 1.03. The van der Waals surface area contributed by atoms with Crippen molar-refractivity contribution in [3.05, 3.63) is 70.9 Å². The van der Waals surface area contributed by atoms with Crippen molar-refractivity contribution < 1.29 is 0 Å². The van der Waals surface area contributed by atoms with Crippen LogP contribution in [-0.2, 0) is 0 Å². The second kappa shape index (κ2) is 5.72. The molecule has 0 aliphatic rings. The highest BCUT2D eigenvalue weighted by Gasteiger charge is 2.11. The smallest absolute Gasteiger partial charge is 0.0941 e. The number of benzene rings is 2. The molecule has 0 saturated heterocycles. The highest BCUT2D eigenvalue weighted by atomic mass is 15.1. The fraction of sp³-hybridized carbons (Fsp3) is 0.200. The molecular formula is C20H20N2. The van der Waals surface area contributed by atoms with Gasteiger partial charge in [-0.25, -0.2) is 0 Å². The molecule has 0 saturated carbocycles. The SMILES string of the molecule is Cc1cccc(C)c1-c1cnnc(-c2c(C)cccc2C)c1. The third-order valence-electron chi connectivity index (χ3n) is 4.16. The van der Waals surface area contributed by atoms with Gasteiger partial charge in [-0.3, -0.25) is 0 Å². The van der Waals surface area contributed by atoms with Crippen molar-refractivity contribution >= 4 is 0 Å². The first-order valence-electron chi connectivity index (χ1n) is 7.54. The van der Waals surface area contributed by atoms with E-state index in [1.165, 1.54) is 33.4 Å². The summed E-state index contributed by atoms with van der Waals surface area (Å²) in [6.45, 7) is 8.52. The van der Waals surface area contributed by atoms with Crippen LogP contribution in [0.3, 0.4) is 0 Å². The molecule has 0 spiro atoms. The van der Waals surface area contributed by atoms with Gasteiger partial charge in [-0.15, -0.1) is 0 Å². The van der Waals surface area contributed by atoms with Crippen LogP contribution in [0.5, 0.6) is 0 Å². The summed E-state index contributed by atoms with van der Waals surface area (Å²) >= 11 is 0. The molecule has 2 nitrogen and oxygen atoms in total. The topological polar surface area (TPSA) is 25.8 Å². The van der Waals surface area contributed by atoms with Crippen LogP contribution in [0.25, 0.3) is 22.4 Å². The second-order valence-electron chi connectivity index (χ2n) is 5.86. The molecule has 3 aromatic rings. The van der Waals surface area contributed by atoms with Gasteiger partial charge in [0, 0.05) is 11.1 Å². The van der Waals surface area contributed by atoms with E-state index in [0.717, 1.165) is 11.3 Å². The van der Waals surface area contributed by atoms with Crippen molar-refractivity contribution in [3.8, 4) is 22.4 Å². The molecular weight excluding hydrogens is 268 g/mol. The highest BCUT2D eigenvalue weighted by molar-refractivity contribution is 5.76. The van der Waals surface area contributed by atoms with Crippen LogP contribution in [-0.4, -0.2) is 10.2 Å². The average molecular weight is 288 g/mol. The summed E-state index contributed by atoms with van der Waals surface area (Å²) in [5, 5.41) is 8.62. The van der Waals surface area contributed by atoms with Gasteiger partial charge in [0.2, 0.25) is 0 Å². The molecule has 3 rings (SSSR count). The summed E-state index contributed by atoms with van der Waals surface area (Å²) in [7, 11) is 0. The van der Waals surface area contributed by atoms with Gasteiger partial charge in [-0.2, -0.15) is 10.2 Å². The largest absolute Gasteiger partial charge is 0.158 e. The van der Waals surface area contributed by atoms with Gasteiger partial charge < -0.3 is 0 Å². The van der Waals surface area contributed by atoms with Gasteiger partial charge >= 0.3 is 0 Å². The van der Waals surface area contributed by atoms with Crippen molar-refractivity contribution in [2.45, 2.75) is 27.7 Å². The average Bonchev–Trinajstić information content (AvgIpc) is 2.47. The standard InChI is InChI=1S/C20H20N2/c1-13-7-5-8-14(2)19(13)17-11-18(22-21-12-17)20-15(3)9-6-10-16(20)4/h5-12H,1-4H3. The Morgan fingerprint density at radius 3 is 1.73 bits per heavy atom. The molecule has 0 amide bonds. The van der Waals surface area contributed by atoms with Crippen LogP contribution in [0.4, 0.5) is 0 Å². The number of rotatable bonds is 2. The number of nitrogens with zero attached hydrogens (tertiary/aromatic N) is 2. The maximum absolute atomic E-state index is 4.37. The third-order valence-corrected chi connectivity index (χ3v) is 4.16. The van der Waals surface area contributed by atoms with Gasteiger partial charge in [0.25, 0.3) is 0 Å². The first kappa shape index (κ1) is 14.5. The third kappa shape index (κ3) is 2.52. The monoisotopic (exact) mass is 288 g/mol. The Morgan fingerprint density at radius 1 is 0.682 bits per heavy atom. The van der Waals surface area contributed by atoms with Gasteiger partial charge in [-0.05, 0) is 61.6 Å². The molecule has 0 bridgehead atoms. The predicted molar refractivity (Wildman–Crippen MR) is 91.9 cm³/mol. The Hall–Kier alpha value is -2.48. The minimum atomic E-state index is 0.941. The molecule has 22 heavy (non-hydrogen) atoms. The maximum atomic E-state index is 4.37. The zero-order chi connectivity index (χ0) is 15.7. The molecule has 110 valence electrons. The van der Waals surface area contributed by atoms with Gasteiger partial charge in [0.05, 0.1) is 11.9 Å². The molecule has 0 radical (unpaired) electrons. The quantitative estimate of drug-likeness (QED) is 0.660. The van der Waals surface area contributed by atoms with Crippen molar-refractivity contribution in [1.29, 1.82) is 0 Å². The summed E-state index contributed by atoms with van der Waals surface area (Å²) in [6, 6.07) is 14.8. The molecule has 0 aliphatic heterocycles. The molecule has 2 aromatic carbocycles. The Bertz CT molecular complexity index is 728. The number of aromatic nitrogens is 2.